The molecule has 3 heterocycles. The average molecular weight is 328 g/mol. The molecule has 3 aromatic rings. The lowest BCUT2D eigenvalue weighted by atomic mass is 10.1. The monoisotopic (exact) mass is 327 g/mol. The van der Waals surface area contributed by atoms with Crippen molar-refractivity contribution in [2.45, 2.75) is 33.2 Å². The summed E-state index contributed by atoms with van der Waals surface area (Å²) in [4.78, 5) is 17.7. The Balaban J connectivity index is 1.99. The number of hydrogen-bond donors (Lipinski definition) is 0. The first kappa shape index (κ1) is 15.6. The first-order chi connectivity index (χ1) is 11.2. The van der Waals surface area contributed by atoms with E-state index >= 15 is 0 Å². The van der Waals surface area contributed by atoms with Crippen molar-refractivity contribution in [3.63, 3.8) is 0 Å². The summed E-state index contributed by atoms with van der Waals surface area (Å²) in [7, 11) is 0. The molecule has 5 nitrogen and oxygen atoms in total. The predicted octanol–water partition coefficient (Wildman–Crippen LogP) is 3.70. The summed E-state index contributed by atoms with van der Waals surface area (Å²) < 4.78 is 2.04. The zero-order valence-corrected chi connectivity index (χ0v) is 14.0. The van der Waals surface area contributed by atoms with Crippen LogP contribution >= 0.6 is 11.6 Å². The highest BCUT2D eigenvalue weighted by molar-refractivity contribution is 6.30. The van der Waals surface area contributed by atoms with Gasteiger partial charge in [-0.25, -0.2) is 15.0 Å². The topological polar surface area (TPSA) is 56.5 Å². The van der Waals surface area contributed by atoms with Crippen LogP contribution in [0.4, 0.5) is 0 Å². The van der Waals surface area contributed by atoms with Crippen LogP contribution in [-0.2, 0) is 13.0 Å². The lowest BCUT2D eigenvalue weighted by Crippen LogP contribution is -2.09. The minimum Gasteiger partial charge on any atom is -0.324 e. The van der Waals surface area contributed by atoms with Gasteiger partial charge in [-0.15, -0.1) is 0 Å². The molecule has 0 radical (unpaired) electrons. The van der Waals surface area contributed by atoms with Gasteiger partial charge in [-0.2, -0.15) is 0 Å². The van der Waals surface area contributed by atoms with E-state index in [0.29, 0.717) is 17.5 Å². The van der Waals surface area contributed by atoms with Crippen LogP contribution < -0.4 is 0 Å². The first-order valence-electron chi connectivity index (χ1n) is 7.63. The van der Waals surface area contributed by atoms with E-state index in [2.05, 4.69) is 26.9 Å². The van der Waals surface area contributed by atoms with Crippen LogP contribution in [0, 0.1) is 6.92 Å². The fourth-order valence-electron chi connectivity index (χ4n) is 2.57. The van der Waals surface area contributed by atoms with E-state index in [1.165, 1.54) is 0 Å². The molecule has 0 aliphatic carbocycles. The molecule has 0 saturated heterocycles. The van der Waals surface area contributed by atoms with Gasteiger partial charge in [0.1, 0.15) is 16.7 Å². The molecule has 0 N–H and O–H groups in total. The maximum atomic E-state index is 6.32. The second kappa shape index (κ2) is 6.87. The number of imidazole rings is 1. The molecule has 0 spiro atoms. The molecule has 0 unspecified atom stereocenters. The zero-order valence-electron chi connectivity index (χ0n) is 13.2. The Hall–Kier alpha value is -2.27. The van der Waals surface area contributed by atoms with Crippen LogP contribution in [0.2, 0.25) is 5.15 Å². The standard InChI is InChI=1S/C17H18ClN5/c1-3-6-13-15(21-12(2)22-16(13)18)11-23-10-9-20-17(23)14-7-4-5-8-19-14/h4-5,7-10H,3,6,11H2,1-2H3. The number of pyridine rings is 1. The number of aromatic nitrogens is 5. The van der Waals surface area contributed by atoms with Gasteiger partial charge < -0.3 is 4.57 Å². The van der Waals surface area contributed by atoms with Crippen molar-refractivity contribution in [1.82, 2.24) is 24.5 Å². The summed E-state index contributed by atoms with van der Waals surface area (Å²) in [5.41, 5.74) is 2.80. The SMILES string of the molecule is CCCc1c(Cl)nc(C)nc1Cn1ccnc1-c1ccccn1. The molecule has 0 saturated carbocycles. The normalized spacial score (nSPS) is 10.9. The third kappa shape index (κ3) is 3.40. The highest BCUT2D eigenvalue weighted by Gasteiger charge is 2.14. The van der Waals surface area contributed by atoms with Crippen molar-refractivity contribution < 1.29 is 0 Å². The third-order valence-electron chi connectivity index (χ3n) is 3.58. The maximum absolute atomic E-state index is 6.32. The quantitative estimate of drug-likeness (QED) is 0.670. The van der Waals surface area contributed by atoms with Gasteiger partial charge in [0.15, 0.2) is 5.82 Å². The van der Waals surface area contributed by atoms with Gasteiger partial charge in [0.2, 0.25) is 0 Å². The highest BCUT2D eigenvalue weighted by atomic mass is 35.5. The van der Waals surface area contributed by atoms with E-state index in [0.717, 1.165) is 35.6 Å². The van der Waals surface area contributed by atoms with Crippen LogP contribution in [0.5, 0.6) is 0 Å². The summed E-state index contributed by atoms with van der Waals surface area (Å²) in [5.74, 6) is 1.50. The minimum atomic E-state index is 0.550. The van der Waals surface area contributed by atoms with Gasteiger partial charge in [-0.05, 0) is 25.5 Å². The van der Waals surface area contributed by atoms with Crippen molar-refractivity contribution in [1.29, 1.82) is 0 Å². The number of nitrogens with zero attached hydrogens (tertiary/aromatic N) is 5. The minimum absolute atomic E-state index is 0.550. The molecule has 0 aliphatic heterocycles. The van der Waals surface area contributed by atoms with Crippen molar-refractivity contribution in [2.24, 2.45) is 0 Å². The largest absolute Gasteiger partial charge is 0.324 e. The van der Waals surface area contributed by atoms with Gasteiger partial charge in [0.25, 0.3) is 0 Å². The van der Waals surface area contributed by atoms with E-state index in [1.54, 1.807) is 12.4 Å². The highest BCUT2D eigenvalue weighted by Crippen LogP contribution is 2.22. The molecular formula is C17H18ClN5. The molecule has 6 heteroatoms. The maximum Gasteiger partial charge on any atom is 0.158 e. The zero-order chi connectivity index (χ0) is 16.2. The molecule has 3 aromatic heterocycles. The van der Waals surface area contributed by atoms with E-state index in [1.807, 2.05) is 35.9 Å². The summed E-state index contributed by atoms with van der Waals surface area (Å²) >= 11 is 6.32. The van der Waals surface area contributed by atoms with E-state index in [9.17, 15) is 0 Å². The molecule has 0 aliphatic rings. The van der Waals surface area contributed by atoms with Gasteiger partial charge in [-0.1, -0.05) is 31.0 Å². The third-order valence-corrected chi connectivity index (χ3v) is 3.90. The molecule has 0 aromatic carbocycles. The lowest BCUT2D eigenvalue weighted by Gasteiger charge is -2.13. The van der Waals surface area contributed by atoms with E-state index in [-0.39, 0.29) is 0 Å². The van der Waals surface area contributed by atoms with Gasteiger partial charge in [-0.3, -0.25) is 4.98 Å². The van der Waals surface area contributed by atoms with Crippen LogP contribution in [0.3, 0.4) is 0 Å². The Labute approximate surface area is 140 Å². The second-order valence-electron chi connectivity index (χ2n) is 5.33. The van der Waals surface area contributed by atoms with Crippen molar-refractivity contribution in [3.8, 4) is 11.5 Å². The van der Waals surface area contributed by atoms with Crippen LogP contribution in [0.25, 0.3) is 11.5 Å². The van der Waals surface area contributed by atoms with Crippen LogP contribution in [0.1, 0.15) is 30.4 Å². The molecule has 0 fully saturated rings. The molecule has 118 valence electrons. The number of hydrogen-bond acceptors (Lipinski definition) is 4. The molecule has 23 heavy (non-hydrogen) atoms. The summed E-state index contributed by atoms with van der Waals surface area (Å²) in [6.45, 7) is 4.58. The van der Waals surface area contributed by atoms with Gasteiger partial charge in [0.05, 0.1) is 12.2 Å². The Bertz CT molecular complexity index is 798. The first-order valence-corrected chi connectivity index (χ1v) is 8.01. The lowest BCUT2D eigenvalue weighted by molar-refractivity contribution is 0.742. The number of halogens is 1. The molecule has 0 bridgehead atoms. The van der Waals surface area contributed by atoms with Crippen molar-refractivity contribution in [2.75, 3.05) is 0 Å². The fraction of sp³-hybridized carbons (Fsp3) is 0.294. The Morgan fingerprint density at radius 2 is 2.00 bits per heavy atom. The second-order valence-corrected chi connectivity index (χ2v) is 5.69. The van der Waals surface area contributed by atoms with Gasteiger partial charge >= 0.3 is 0 Å². The smallest absolute Gasteiger partial charge is 0.158 e. The predicted molar refractivity (Wildman–Crippen MR) is 90.3 cm³/mol. The Morgan fingerprint density at radius 1 is 1.13 bits per heavy atom. The Morgan fingerprint density at radius 3 is 2.74 bits per heavy atom. The van der Waals surface area contributed by atoms with Crippen molar-refractivity contribution in [3.05, 3.63) is 59.0 Å². The summed E-state index contributed by atoms with van der Waals surface area (Å²) in [6.07, 6.45) is 7.34. The molecule has 3 rings (SSSR count). The average Bonchev–Trinajstić information content (AvgIpc) is 3.00. The van der Waals surface area contributed by atoms with Crippen LogP contribution in [-0.4, -0.2) is 24.5 Å². The number of aryl methyl sites for hydroxylation is 1. The summed E-state index contributed by atoms with van der Waals surface area (Å²) in [5, 5.41) is 0.550. The molecular weight excluding hydrogens is 310 g/mol. The summed E-state index contributed by atoms with van der Waals surface area (Å²) in [6, 6.07) is 5.79. The van der Waals surface area contributed by atoms with Gasteiger partial charge in [0, 0.05) is 24.2 Å². The van der Waals surface area contributed by atoms with Crippen LogP contribution in [0.15, 0.2) is 36.8 Å². The fourth-order valence-corrected chi connectivity index (χ4v) is 2.90. The van der Waals surface area contributed by atoms with E-state index in [4.69, 9.17) is 11.6 Å². The molecule has 0 amide bonds. The number of rotatable bonds is 5. The molecule has 0 atom stereocenters. The van der Waals surface area contributed by atoms with Crippen molar-refractivity contribution >= 4 is 11.6 Å². The Kier molecular flexibility index (Phi) is 4.67. The van der Waals surface area contributed by atoms with E-state index < -0.39 is 0 Å².